The molecule has 0 aliphatic carbocycles. The fraction of sp³-hybridized carbons (Fsp3) is 0.0714. The van der Waals surface area contributed by atoms with Crippen LogP contribution >= 0.6 is 0 Å². The summed E-state index contributed by atoms with van der Waals surface area (Å²) >= 11 is 0. The van der Waals surface area contributed by atoms with E-state index in [9.17, 15) is 0 Å². The van der Waals surface area contributed by atoms with Crippen LogP contribution in [0.3, 0.4) is 0 Å². The van der Waals surface area contributed by atoms with Crippen molar-refractivity contribution in [3.63, 3.8) is 0 Å². The molecule has 0 amide bonds. The monoisotopic (exact) mass is 239 g/mol. The first-order valence-electron chi connectivity index (χ1n) is 5.74. The smallest absolute Gasteiger partial charge is 0.156 e. The number of nitrogens with one attached hydrogen (secondary N) is 1. The number of nitrogens with zero attached hydrogens (tertiary/aromatic N) is 1. The molecule has 3 aromatic rings. The molecule has 0 saturated heterocycles. The third-order valence-corrected chi connectivity index (χ3v) is 2.82. The first-order valence-corrected chi connectivity index (χ1v) is 5.74. The molecule has 0 fully saturated rings. The molecule has 3 N–H and O–H groups in total. The molecule has 2 aromatic carbocycles. The van der Waals surface area contributed by atoms with Gasteiger partial charge in [-0.3, -0.25) is 5.10 Å². The van der Waals surface area contributed by atoms with Gasteiger partial charge in [-0.2, -0.15) is 5.10 Å². The van der Waals surface area contributed by atoms with Gasteiger partial charge in [-0.05, 0) is 17.7 Å². The van der Waals surface area contributed by atoms with E-state index in [1.807, 2.05) is 48.5 Å². The van der Waals surface area contributed by atoms with Gasteiger partial charge in [0.05, 0.1) is 10.9 Å². The SMILES string of the molecule is Nc1n[nH]c2cccc(OCc3ccccc3)c12. The zero-order valence-corrected chi connectivity index (χ0v) is 9.76. The molecule has 0 saturated carbocycles. The lowest BCUT2D eigenvalue weighted by Crippen LogP contribution is -1.96. The summed E-state index contributed by atoms with van der Waals surface area (Å²) in [6.07, 6.45) is 0. The Morgan fingerprint density at radius 1 is 1.06 bits per heavy atom. The number of aromatic nitrogens is 2. The van der Waals surface area contributed by atoms with Gasteiger partial charge in [0.1, 0.15) is 12.4 Å². The van der Waals surface area contributed by atoms with Crippen molar-refractivity contribution in [1.29, 1.82) is 0 Å². The Labute approximate surface area is 104 Å². The van der Waals surface area contributed by atoms with Gasteiger partial charge < -0.3 is 10.5 Å². The van der Waals surface area contributed by atoms with Crippen LogP contribution in [0.2, 0.25) is 0 Å². The molecule has 0 bridgehead atoms. The molecule has 0 aliphatic rings. The Morgan fingerprint density at radius 2 is 1.89 bits per heavy atom. The van der Waals surface area contributed by atoms with E-state index >= 15 is 0 Å². The molecular weight excluding hydrogens is 226 g/mol. The van der Waals surface area contributed by atoms with Gasteiger partial charge in [0.25, 0.3) is 0 Å². The molecule has 18 heavy (non-hydrogen) atoms. The maximum absolute atomic E-state index is 5.82. The Kier molecular flexibility index (Phi) is 2.61. The van der Waals surface area contributed by atoms with E-state index < -0.39 is 0 Å². The van der Waals surface area contributed by atoms with Crippen molar-refractivity contribution in [1.82, 2.24) is 10.2 Å². The first kappa shape index (κ1) is 10.7. The van der Waals surface area contributed by atoms with Gasteiger partial charge in [-0.15, -0.1) is 0 Å². The van der Waals surface area contributed by atoms with E-state index in [0.717, 1.165) is 22.2 Å². The standard InChI is InChI=1S/C14H13N3O/c15-14-13-11(16-17-14)7-4-8-12(13)18-9-10-5-2-1-3-6-10/h1-8H,9H2,(H3,15,16,17). The normalized spacial score (nSPS) is 10.7. The molecule has 0 aliphatic heterocycles. The van der Waals surface area contributed by atoms with Crippen LogP contribution in [0.15, 0.2) is 48.5 Å². The van der Waals surface area contributed by atoms with Crippen LogP contribution in [0.4, 0.5) is 5.82 Å². The molecule has 0 spiro atoms. The van der Waals surface area contributed by atoms with Gasteiger partial charge in [0, 0.05) is 0 Å². The number of benzene rings is 2. The number of hydrogen-bond acceptors (Lipinski definition) is 3. The van der Waals surface area contributed by atoms with Crippen molar-refractivity contribution in [3.05, 3.63) is 54.1 Å². The molecule has 0 unspecified atom stereocenters. The highest BCUT2D eigenvalue weighted by atomic mass is 16.5. The van der Waals surface area contributed by atoms with Gasteiger partial charge >= 0.3 is 0 Å². The summed E-state index contributed by atoms with van der Waals surface area (Å²) in [5, 5.41) is 7.70. The van der Waals surface area contributed by atoms with E-state index in [2.05, 4.69) is 10.2 Å². The highest BCUT2D eigenvalue weighted by Crippen LogP contribution is 2.29. The van der Waals surface area contributed by atoms with Crippen LogP contribution in [0, 0.1) is 0 Å². The lowest BCUT2D eigenvalue weighted by atomic mass is 10.2. The van der Waals surface area contributed by atoms with Crippen LogP contribution in [0.5, 0.6) is 5.75 Å². The number of ether oxygens (including phenoxy) is 1. The number of H-pyrrole nitrogens is 1. The van der Waals surface area contributed by atoms with Crippen LogP contribution in [-0.2, 0) is 6.61 Å². The third kappa shape index (κ3) is 1.88. The summed E-state index contributed by atoms with van der Waals surface area (Å²) in [5.41, 5.74) is 7.83. The predicted octanol–water partition coefficient (Wildman–Crippen LogP) is 2.72. The molecular formula is C14H13N3O. The molecule has 4 nitrogen and oxygen atoms in total. The Hall–Kier alpha value is -2.49. The van der Waals surface area contributed by atoms with Crippen LogP contribution in [0.25, 0.3) is 10.9 Å². The number of rotatable bonds is 3. The highest BCUT2D eigenvalue weighted by molar-refractivity contribution is 5.94. The van der Waals surface area contributed by atoms with Gasteiger partial charge in [0.15, 0.2) is 5.82 Å². The number of nitrogen functional groups attached to an aromatic ring is 1. The van der Waals surface area contributed by atoms with Crippen molar-refractivity contribution in [2.45, 2.75) is 6.61 Å². The number of fused-ring (bicyclic) bond motifs is 1. The summed E-state index contributed by atoms with van der Waals surface area (Å²) < 4.78 is 5.80. The number of nitrogens with two attached hydrogens (primary N) is 1. The number of hydrogen-bond donors (Lipinski definition) is 2. The third-order valence-electron chi connectivity index (χ3n) is 2.82. The maximum atomic E-state index is 5.82. The zero-order valence-electron chi connectivity index (χ0n) is 9.76. The van der Waals surface area contributed by atoms with E-state index in [4.69, 9.17) is 10.5 Å². The van der Waals surface area contributed by atoms with Crippen molar-refractivity contribution >= 4 is 16.7 Å². The Bertz CT molecular complexity index is 661. The minimum atomic E-state index is 0.466. The summed E-state index contributed by atoms with van der Waals surface area (Å²) in [6.45, 7) is 0.518. The Morgan fingerprint density at radius 3 is 2.72 bits per heavy atom. The molecule has 1 heterocycles. The number of anilines is 1. The summed E-state index contributed by atoms with van der Waals surface area (Å²) in [6, 6.07) is 15.8. The maximum Gasteiger partial charge on any atom is 0.156 e. The quantitative estimate of drug-likeness (QED) is 0.738. The number of aromatic amines is 1. The average Bonchev–Trinajstić information content (AvgIpc) is 2.80. The van der Waals surface area contributed by atoms with E-state index in [0.29, 0.717) is 12.4 Å². The second-order valence-corrected chi connectivity index (χ2v) is 4.06. The van der Waals surface area contributed by atoms with Gasteiger partial charge in [-0.1, -0.05) is 36.4 Å². The molecule has 90 valence electrons. The zero-order chi connectivity index (χ0) is 12.4. The summed E-state index contributed by atoms with van der Waals surface area (Å²) in [5.74, 6) is 1.22. The Balaban J connectivity index is 1.89. The van der Waals surface area contributed by atoms with E-state index in [1.54, 1.807) is 0 Å². The first-order chi connectivity index (χ1) is 8.84. The molecule has 4 heteroatoms. The fourth-order valence-corrected chi connectivity index (χ4v) is 1.92. The lowest BCUT2D eigenvalue weighted by molar-refractivity contribution is 0.310. The fourth-order valence-electron chi connectivity index (χ4n) is 1.92. The topological polar surface area (TPSA) is 63.9 Å². The van der Waals surface area contributed by atoms with Gasteiger partial charge in [-0.25, -0.2) is 0 Å². The highest BCUT2D eigenvalue weighted by Gasteiger charge is 2.08. The average molecular weight is 239 g/mol. The summed E-state index contributed by atoms with van der Waals surface area (Å²) in [4.78, 5) is 0. The van der Waals surface area contributed by atoms with Crippen molar-refractivity contribution in [3.8, 4) is 5.75 Å². The van der Waals surface area contributed by atoms with Crippen molar-refractivity contribution < 1.29 is 4.74 Å². The summed E-state index contributed by atoms with van der Waals surface area (Å²) in [7, 11) is 0. The molecule has 1 aromatic heterocycles. The van der Waals surface area contributed by atoms with E-state index in [1.165, 1.54) is 0 Å². The van der Waals surface area contributed by atoms with Crippen molar-refractivity contribution in [2.75, 3.05) is 5.73 Å². The second kappa shape index (κ2) is 4.41. The van der Waals surface area contributed by atoms with Crippen molar-refractivity contribution in [2.24, 2.45) is 0 Å². The van der Waals surface area contributed by atoms with Gasteiger partial charge in [0.2, 0.25) is 0 Å². The second-order valence-electron chi connectivity index (χ2n) is 4.06. The lowest BCUT2D eigenvalue weighted by Gasteiger charge is -2.07. The van der Waals surface area contributed by atoms with E-state index in [-0.39, 0.29) is 0 Å². The van der Waals surface area contributed by atoms with Crippen LogP contribution in [0.1, 0.15) is 5.56 Å². The molecule has 0 radical (unpaired) electrons. The molecule has 3 rings (SSSR count). The largest absolute Gasteiger partial charge is 0.488 e. The predicted molar refractivity (Wildman–Crippen MR) is 71.3 cm³/mol. The van der Waals surface area contributed by atoms with Crippen LogP contribution in [-0.4, -0.2) is 10.2 Å². The minimum absolute atomic E-state index is 0.466. The molecule has 0 atom stereocenters. The van der Waals surface area contributed by atoms with Crippen LogP contribution < -0.4 is 10.5 Å². The minimum Gasteiger partial charge on any atom is -0.488 e.